The molecule has 0 heterocycles. The maximum absolute atomic E-state index is 10.6. The number of quaternary nitrogens is 1. The van der Waals surface area contributed by atoms with Crippen LogP contribution in [-0.4, -0.2) is 44.2 Å². The Kier molecular flexibility index (Phi) is 3.48. The first-order chi connectivity index (χ1) is 4.89. The van der Waals surface area contributed by atoms with Gasteiger partial charge in [-0.2, -0.15) is 0 Å². The number of carboxylic acid groups (broad SMARTS) is 1. The van der Waals surface area contributed by atoms with Crippen LogP contribution in [0.2, 0.25) is 0 Å². The van der Waals surface area contributed by atoms with Gasteiger partial charge in [-0.25, -0.2) is 0 Å². The van der Waals surface area contributed by atoms with Crippen molar-refractivity contribution in [2.45, 2.75) is 12.5 Å². The van der Waals surface area contributed by atoms with E-state index in [1.807, 2.05) is 21.1 Å². The number of carbonyl (C=O) groups excluding carboxylic acids is 1. The molecule has 1 unspecified atom stereocenters. The van der Waals surface area contributed by atoms with Crippen LogP contribution in [0.4, 0.5) is 0 Å². The third-order valence-electron chi connectivity index (χ3n) is 1.65. The molecule has 0 radical (unpaired) electrons. The lowest BCUT2D eigenvalue weighted by molar-refractivity contribution is -0.889. The number of aliphatic carboxylic acids is 1. The summed E-state index contributed by atoms with van der Waals surface area (Å²) in [6.07, 6.45) is 0.464. The number of hydrogen-bond acceptors (Lipinski definition) is 3. The molecule has 0 aliphatic carbocycles. The van der Waals surface area contributed by atoms with Gasteiger partial charge >= 0.3 is 0 Å². The Morgan fingerprint density at radius 1 is 1.55 bits per heavy atom. The van der Waals surface area contributed by atoms with Crippen LogP contribution < -0.4 is 10.8 Å². The average molecular weight is 160 g/mol. The van der Waals surface area contributed by atoms with Gasteiger partial charge < -0.3 is 20.1 Å². The molecule has 2 N–H and O–H groups in total. The van der Waals surface area contributed by atoms with Crippen molar-refractivity contribution in [1.29, 1.82) is 0 Å². The maximum Gasteiger partial charge on any atom is 0.130 e. The van der Waals surface area contributed by atoms with E-state index in [9.17, 15) is 9.90 Å². The van der Waals surface area contributed by atoms with E-state index in [-0.39, 0.29) is 0 Å². The van der Waals surface area contributed by atoms with Gasteiger partial charge in [0.05, 0.1) is 27.1 Å². The summed E-state index contributed by atoms with van der Waals surface area (Å²) < 4.78 is 0.361. The van der Waals surface area contributed by atoms with Crippen molar-refractivity contribution in [3.63, 3.8) is 0 Å². The number of rotatable bonds is 4. The third kappa shape index (κ3) is 3.34. The van der Waals surface area contributed by atoms with Gasteiger partial charge in [-0.1, -0.05) is 0 Å². The van der Waals surface area contributed by atoms with Crippen LogP contribution in [0.3, 0.4) is 0 Å². The Labute approximate surface area is 67.2 Å². The highest BCUT2D eigenvalue weighted by molar-refractivity contribution is 5.69. The Morgan fingerprint density at radius 3 is 2.09 bits per heavy atom. The van der Waals surface area contributed by atoms with Gasteiger partial charge in [-0.15, -0.1) is 0 Å². The molecule has 0 fully saturated rings. The zero-order chi connectivity index (χ0) is 9.07. The van der Waals surface area contributed by atoms with Crippen LogP contribution in [0.15, 0.2) is 0 Å². The highest BCUT2D eigenvalue weighted by Crippen LogP contribution is 2.04. The molecule has 4 heteroatoms. The number of hydrogen-bond donors (Lipinski definition) is 1. The fraction of sp³-hybridized carbons (Fsp3) is 0.857. The van der Waals surface area contributed by atoms with Crippen LogP contribution in [-0.2, 0) is 4.79 Å². The molecular weight excluding hydrogens is 144 g/mol. The zero-order valence-electron chi connectivity index (χ0n) is 7.33. The van der Waals surface area contributed by atoms with Gasteiger partial charge in [0.25, 0.3) is 0 Å². The summed E-state index contributed by atoms with van der Waals surface area (Å²) in [5.41, 5.74) is 5.26. The van der Waals surface area contributed by atoms with E-state index in [0.29, 0.717) is 17.4 Å². The number of nitrogens with two attached hydrogens (primary N) is 1. The molecule has 4 nitrogen and oxygen atoms in total. The SMILES string of the molecule is C[N+](C)(C)C(CCN)C(=O)[O-]. The monoisotopic (exact) mass is 160 g/mol. The van der Waals surface area contributed by atoms with E-state index < -0.39 is 12.0 Å². The molecular formula is C7H16N2O2. The highest BCUT2D eigenvalue weighted by atomic mass is 16.4. The molecule has 0 spiro atoms. The molecule has 11 heavy (non-hydrogen) atoms. The highest BCUT2D eigenvalue weighted by Gasteiger charge is 2.23. The molecule has 0 rings (SSSR count). The van der Waals surface area contributed by atoms with Gasteiger partial charge in [0.1, 0.15) is 6.04 Å². The predicted molar refractivity (Wildman–Crippen MR) is 40.5 cm³/mol. The summed E-state index contributed by atoms with van der Waals surface area (Å²) in [4.78, 5) is 10.6. The minimum Gasteiger partial charge on any atom is -0.544 e. The van der Waals surface area contributed by atoms with Gasteiger partial charge in [0, 0.05) is 6.42 Å². The first-order valence-corrected chi connectivity index (χ1v) is 3.61. The van der Waals surface area contributed by atoms with Gasteiger partial charge in [-0.3, -0.25) is 0 Å². The lowest BCUT2D eigenvalue weighted by Gasteiger charge is -2.34. The third-order valence-corrected chi connectivity index (χ3v) is 1.65. The largest absolute Gasteiger partial charge is 0.544 e. The molecule has 0 amide bonds. The first-order valence-electron chi connectivity index (χ1n) is 3.61. The number of carboxylic acids is 1. The van der Waals surface area contributed by atoms with Crippen molar-refractivity contribution in [3.05, 3.63) is 0 Å². The topological polar surface area (TPSA) is 66.2 Å². The predicted octanol–water partition coefficient (Wildman–Crippen LogP) is -1.84. The summed E-state index contributed by atoms with van der Waals surface area (Å²) in [5.74, 6) is -1.03. The molecule has 0 aliphatic rings. The second kappa shape index (κ2) is 3.69. The van der Waals surface area contributed by atoms with Gasteiger partial charge in [-0.05, 0) is 6.54 Å². The van der Waals surface area contributed by atoms with Gasteiger partial charge in [0.2, 0.25) is 0 Å². The summed E-state index contributed by atoms with van der Waals surface area (Å²) in [6, 6.07) is -0.500. The molecule has 66 valence electrons. The van der Waals surface area contributed by atoms with Crippen LogP contribution in [0.5, 0.6) is 0 Å². The average Bonchev–Trinajstić information content (AvgIpc) is 1.79. The summed E-state index contributed by atoms with van der Waals surface area (Å²) >= 11 is 0. The normalized spacial score (nSPS) is 14.5. The smallest absolute Gasteiger partial charge is 0.130 e. The van der Waals surface area contributed by atoms with E-state index in [0.717, 1.165) is 0 Å². The number of carbonyl (C=O) groups is 1. The molecule has 0 saturated carbocycles. The summed E-state index contributed by atoms with van der Waals surface area (Å²) in [7, 11) is 5.45. The van der Waals surface area contributed by atoms with Crippen molar-refractivity contribution >= 4 is 5.97 Å². The molecule has 0 saturated heterocycles. The standard InChI is InChI=1S/C7H16N2O2/c1-9(2,3)6(4-5-8)7(10)11/h6H,4-5,8H2,1-3H3. The molecule has 1 atom stereocenters. The van der Waals surface area contributed by atoms with Crippen LogP contribution in [0, 0.1) is 0 Å². The van der Waals surface area contributed by atoms with Crippen molar-refractivity contribution in [2.75, 3.05) is 27.7 Å². The quantitative estimate of drug-likeness (QED) is 0.491. The van der Waals surface area contributed by atoms with Crippen LogP contribution >= 0.6 is 0 Å². The fourth-order valence-electron chi connectivity index (χ4n) is 0.979. The van der Waals surface area contributed by atoms with E-state index >= 15 is 0 Å². The lowest BCUT2D eigenvalue weighted by Crippen LogP contribution is -2.55. The molecule has 0 aromatic heterocycles. The summed E-state index contributed by atoms with van der Waals surface area (Å²) in [5, 5.41) is 10.6. The Balaban J connectivity index is 4.22. The van der Waals surface area contributed by atoms with E-state index in [2.05, 4.69) is 0 Å². The second-order valence-corrected chi connectivity index (χ2v) is 3.53. The van der Waals surface area contributed by atoms with E-state index in [4.69, 9.17) is 5.73 Å². The van der Waals surface area contributed by atoms with Gasteiger partial charge in [0.15, 0.2) is 0 Å². The lowest BCUT2D eigenvalue weighted by atomic mass is 10.1. The first kappa shape index (κ1) is 10.4. The van der Waals surface area contributed by atoms with Crippen molar-refractivity contribution in [1.82, 2.24) is 0 Å². The van der Waals surface area contributed by atoms with Crippen molar-refractivity contribution < 1.29 is 14.4 Å². The van der Waals surface area contributed by atoms with Crippen LogP contribution in [0.25, 0.3) is 0 Å². The molecule has 0 aliphatic heterocycles. The molecule has 0 aromatic carbocycles. The number of nitrogens with zero attached hydrogens (tertiary/aromatic N) is 1. The number of likely N-dealkylation sites (N-methyl/N-ethyl adjacent to an activating group) is 1. The summed E-state index contributed by atoms with van der Waals surface area (Å²) in [6.45, 7) is 0.383. The van der Waals surface area contributed by atoms with E-state index in [1.54, 1.807) is 0 Å². The maximum atomic E-state index is 10.6. The Bertz CT molecular complexity index is 140. The van der Waals surface area contributed by atoms with Crippen molar-refractivity contribution in [3.8, 4) is 0 Å². The zero-order valence-corrected chi connectivity index (χ0v) is 7.33. The minimum absolute atomic E-state index is 0.361. The molecule has 0 aromatic rings. The molecule has 0 bridgehead atoms. The fourth-order valence-corrected chi connectivity index (χ4v) is 0.979. The Hall–Kier alpha value is -0.610. The second-order valence-electron chi connectivity index (χ2n) is 3.53. The van der Waals surface area contributed by atoms with Crippen molar-refractivity contribution in [2.24, 2.45) is 5.73 Å². The van der Waals surface area contributed by atoms with E-state index in [1.165, 1.54) is 0 Å². The Morgan fingerprint density at radius 2 is 2.00 bits per heavy atom. The minimum atomic E-state index is -1.03. The van der Waals surface area contributed by atoms with Crippen LogP contribution in [0.1, 0.15) is 6.42 Å².